The second-order valence-electron chi connectivity index (χ2n) is 12.0. The zero-order valence-corrected chi connectivity index (χ0v) is 26.9. The molecule has 3 heteroatoms. The van der Waals surface area contributed by atoms with Crippen molar-refractivity contribution < 1.29 is 0 Å². The number of hydrogen-bond donors (Lipinski definition) is 0. The molecule has 0 spiro atoms. The minimum absolute atomic E-state index is 1.10. The highest BCUT2D eigenvalue weighted by molar-refractivity contribution is 7.99. The van der Waals surface area contributed by atoms with Crippen molar-refractivity contribution in [2.24, 2.45) is 0 Å². The summed E-state index contributed by atoms with van der Waals surface area (Å²) in [5.41, 5.74) is 13.0. The van der Waals surface area contributed by atoms with E-state index in [-0.39, 0.29) is 0 Å². The molecule has 0 aliphatic carbocycles. The Hall–Kier alpha value is -5.90. The molecule has 1 aliphatic rings. The molecule has 0 fully saturated rings. The molecule has 0 radical (unpaired) electrons. The van der Waals surface area contributed by atoms with Crippen LogP contribution < -0.4 is 4.90 Å². The Morgan fingerprint density at radius 2 is 0.938 bits per heavy atom. The smallest absolute Gasteiger partial charge is 0.0540 e. The van der Waals surface area contributed by atoms with Gasteiger partial charge in [-0.15, -0.1) is 0 Å². The van der Waals surface area contributed by atoms with Crippen LogP contribution in [-0.2, 0) is 0 Å². The van der Waals surface area contributed by atoms with Crippen molar-refractivity contribution in [1.29, 1.82) is 0 Å². The second kappa shape index (κ2) is 12.0. The van der Waals surface area contributed by atoms with Gasteiger partial charge in [0.1, 0.15) is 0 Å². The van der Waals surface area contributed by atoms with Crippen LogP contribution in [0.3, 0.4) is 0 Å². The van der Waals surface area contributed by atoms with E-state index in [1.54, 1.807) is 0 Å². The summed E-state index contributed by atoms with van der Waals surface area (Å²) in [7, 11) is 0. The van der Waals surface area contributed by atoms with Gasteiger partial charge in [-0.25, -0.2) is 0 Å². The first kappa shape index (κ1) is 28.3. The fourth-order valence-electron chi connectivity index (χ4n) is 6.90. The number of fused-ring (bicyclic) bond motifs is 4. The molecule has 0 bridgehead atoms. The van der Waals surface area contributed by atoms with Crippen molar-refractivity contribution in [2.75, 3.05) is 4.90 Å². The van der Waals surface area contributed by atoms with Crippen molar-refractivity contribution in [3.8, 4) is 44.5 Å². The number of anilines is 3. The summed E-state index contributed by atoms with van der Waals surface area (Å²) in [5, 5.41) is 2.43. The number of rotatable bonds is 5. The molecule has 0 atom stereocenters. The Kier molecular flexibility index (Phi) is 7.10. The highest BCUT2D eigenvalue weighted by Crippen LogP contribution is 2.50. The lowest BCUT2D eigenvalue weighted by molar-refractivity contribution is 1.26. The van der Waals surface area contributed by atoms with Crippen molar-refractivity contribution in [2.45, 2.75) is 9.79 Å². The minimum Gasteiger partial charge on any atom is -0.310 e. The summed E-state index contributed by atoms with van der Waals surface area (Å²) in [6.07, 6.45) is 3.91. The molecular formula is C45H30N2S. The topological polar surface area (TPSA) is 16.1 Å². The number of benzene rings is 7. The summed E-state index contributed by atoms with van der Waals surface area (Å²) in [6, 6.07) is 61.2. The van der Waals surface area contributed by atoms with Crippen LogP contribution >= 0.6 is 11.8 Å². The number of hydrogen-bond acceptors (Lipinski definition) is 3. The molecule has 0 unspecified atom stereocenters. The maximum Gasteiger partial charge on any atom is 0.0540 e. The first-order valence-electron chi connectivity index (χ1n) is 16.2. The molecule has 226 valence electrons. The fourth-order valence-corrected chi connectivity index (χ4v) is 7.97. The van der Waals surface area contributed by atoms with Crippen molar-refractivity contribution in [3.63, 3.8) is 0 Å². The zero-order chi connectivity index (χ0) is 31.9. The normalized spacial score (nSPS) is 11.7. The van der Waals surface area contributed by atoms with Crippen LogP contribution in [0.25, 0.3) is 55.3 Å². The van der Waals surface area contributed by atoms with E-state index in [4.69, 9.17) is 0 Å². The SMILES string of the molecule is c1ccc(-c2ccc(N(c3ccc(-c4ccccc4)cc3)c3ccc4c5c(cccc35)-c3ccccc3Sc3ccncc3-4)cc2)cc1. The van der Waals surface area contributed by atoms with Crippen LogP contribution in [0.4, 0.5) is 17.1 Å². The number of pyridine rings is 1. The van der Waals surface area contributed by atoms with Gasteiger partial charge >= 0.3 is 0 Å². The lowest BCUT2D eigenvalue weighted by Gasteiger charge is -2.29. The third kappa shape index (κ3) is 4.97. The van der Waals surface area contributed by atoms with Gasteiger partial charge in [-0.05, 0) is 86.8 Å². The third-order valence-electron chi connectivity index (χ3n) is 9.19. The fraction of sp³-hybridized carbons (Fsp3) is 0. The largest absolute Gasteiger partial charge is 0.310 e. The van der Waals surface area contributed by atoms with Crippen molar-refractivity contribution in [3.05, 3.63) is 182 Å². The van der Waals surface area contributed by atoms with Gasteiger partial charge in [0, 0.05) is 44.5 Å². The molecule has 48 heavy (non-hydrogen) atoms. The van der Waals surface area contributed by atoms with Crippen LogP contribution in [0.15, 0.2) is 192 Å². The Bertz CT molecular complexity index is 2270. The predicted octanol–water partition coefficient (Wildman–Crippen LogP) is 12.8. The van der Waals surface area contributed by atoms with Gasteiger partial charge in [-0.3, -0.25) is 4.98 Å². The molecule has 2 heterocycles. The Morgan fingerprint density at radius 1 is 0.396 bits per heavy atom. The molecule has 2 nitrogen and oxygen atoms in total. The predicted molar refractivity (Wildman–Crippen MR) is 202 cm³/mol. The first-order chi connectivity index (χ1) is 23.8. The lowest BCUT2D eigenvalue weighted by Crippen LogP contribution is -2.11. The first-order valence-corrected chi connectivity index (χ1v) is 17.0. The molecule has 0 amide bonds. The van der Waals surface area contributed by atoms with E-state index in [0.717, 1.165) is 22.6 Å². The van der Waals surface area contributed by atoms with E-state index < -0.39 is 0 Å². The van der Waals surface area contributed by atoms with E-state index in [2.05, 4.69) is 180 Å². The number of aromatic nitrogens is 1. The summed E-state index contributed by atoms with van der Waals surface area (Å²) in [5.74, 6) is 0. The van der Waals surface area contributed by atoms with E-state index in [1.807, 2.05) is 24.2 Å². The average Bonchev–Trinajstić information content (AvgIpc) is 3.16. The summed E-state index contributed by atoms with van der Waals surface area (Å²) in [4.78, 5) is 9.44. The Labute approximate surface area is 285 Å². The standard InChI is InChI=1S/C45H30N2S/c1-3-10-31(11-4-1)33-18-22-35(23-19-33)47(36-24-20-34(21-25-36)32-12-5-2-6-13-32)42-27-26-39-41-30-46-29-28-44(41)48-43-17-8-7-14-37(43)38-15-9-16-40(42)45(38)39/h1-30H. The summed E-state index contributed by atoms with van der Waals surface area (Å²) in [6.45, 7) is 0. The lowest BCUT2D eigenvalue weighted by atomic mass is 9.90. The van der Waals surface area contributed by atoms with Gasteiger partial charge in [0.15, 0.2) is 0 Å². The maximum absolute atomic E-state index is 4.58. The molecule has 0 saturated carbocycles. The number of nitrogens with zero attached hydrogens (tertiary/aromatic N) is 2. The van der Waals surface area contributed by atoms with E-state index in [0.29, 0.717) is 0 Å². The highest BCUT2D eigenvalue weighted by Gasteiger charge is 2.23. The molecule has 0 saturated heterocycles. The minimum atomic E-state index is 1.10. The summed E-state index contributed by atoms with van der Waals surface area (Å²) >= 11 is 1.82. The Balaban J connectivity index is 1.28. The molecule has 1 aromatic heterocycles. The van der Waals surface area contributed by atoms with Gasteiger partial charge in [0.25, 0.3) is 0 Å². The molecular weight excluding hydrogens is 601 g/mol. The van der Waals surface area contributed by atoms with E-state index >= 15 is 0 Å². The van der Waals surface area contributed by atoms with E-state index in [1.165, 1.54) is 59.5 Å². The monoisotopic (exact) mass is 630 g/mol. The molecule has 9 rings (SSSR count). The summed E-state index contributed by atoms with van der Waals surface area (Å²) < 4.78 is 0. The second-order valence-corrected chi connectivity index (χ2v) is 13.1. The molecule has 7 aromatic carbocycles. The van der Waals surface area contributed by atoms with Gasteiger partial charge in [-0.2, -0.15) is 0 Å². The average molecular weight is 631 g/mol. The molecule has 0 N–H and O–H groups in total. The maximum atomic E-state index is 4.58. The molecule has 1 aliphatic heterocycles. The van der Waals surface area contributed by atoms with Gasteiger partial charge in [0.2, 0.25) is 0 Å². The molecule has 8 aromatic rings. The van der Waals surface area contributed by atoms with Crippen LogP contribution in [0.1, 0.15) is 0 Å². The van der Waals surface area contributed by atoms with Crippen LogP contribution in [0.2, 0.25) is 0 Å². The van der Waals surface area contributed by atoms with Gasteiger partial charge in [-0.1, -0.05) is 139 Å². The van der Waals surface area contributed by atoms with Gasteiger partial charge < -0.3 is 4.90 Å². The van der Waals surface area contributed by atoms with Crippen LogP contribution in [0, 0.1) is 0 Å². The highest BCUT2D eigenvalue weighted by atomic mass is 32.2. The van der Waals surface area contributed by atoms with Crippen molar-refractivity contribution in [1.82, 2.24) is 4.98 Å². The van der Waals surface area contributed by atoms with Crippen LogP contribution in [-0.4, -0.2) is 4.98 Å². The van der Waals surface area contributed by atoms with Gasteiger partial charge in [0.05, 0.1) is 5.69 Å². The zero-order valence-electron chi connectivity index (χ0n) is 26.1. The Morgan fingerprint density at radius 3 is 1.60 bits per heavy atom. The van der Waals surface area contributed by atoms with Crippen LogP contribution in [0.5, 0.6) is 0 Å². The third-order valence-corrected chi connectivity index (χ3v) is 10.3. The van der Waals surface area contributed by atoms with Crippen molar-refractivity contribution >= 4 is 39.6 Å². The van der Waals surface area contributed by atoms with E-state index in [9.17, 15) is 0 Å². The quantitative estimate of drug-likeness (QED) is 0.188.